The fraction of sp³-hybridized carbons (Fsp3) is 0.500. The first kappa shape index (κ1) is 16.1. The van der Waals surface area contributed by atoms with Crippen LogP contribution in [0.1, 0.15) is 45.6 Å². The van der Waals surface area contributed by atoms with Crippen LogP contribution in [-0.4, -0.2) is 32.2 Å². The lowest BCUT2D eigenvalue weighted by Gasteiger charge is -2.10. The number of carbonyl (C=O) groups excluding carboxylic acids is 1. The minimum Gasteiger partial charge on any atom is -0.352 e. The number of aromatic nitrogens is 4. The number of hydrogen-bond acceptors (Lipinski definition) is 4. The van der Waals surface area contributed by atoms with Crippen molar-refractivity contribution < 1.29 is 4.79 Å². The van der Waals surface area contributed by atoms with Crippen molar-refractivity contribution in [2.24, 2.45) is 0 Å². The fourth-order valence-electron chi connectivity index (χ4n) is 1.99. The maximum Gasteiger partial charge on any atom is 0.243 e. The Morgan fingerprint density at radius 3 is 2.50 bits per heavy atom. The van der Waals surface area contributed by atoms with E-state index in [2.05, 4.69) is 46.7 Å². The number of carbonyl (C=O) groups is 1. The Kier molecular flexibility index (Phi) is 5.25. The molecule has 2 aromatic rings. The van der Waals surface area contributed by atoms with Gasteiger partial charge in [-0.3, -0.25) is 4.79 Å². The van der Waals surface area contributed by atoms with Gasteiger partial charge < -0.3 is 5.32 Å². The van der Waals surface area contributed by atoms with E-state index in [-0.39, 0.29) is 18.5 Å². The summed E-state index contributed by atoms with van der Waals surface area (Å²) in [7, 11) is 0. The predicted octanol–water partition coefficient (Wildman–Crippen LogP) is 2.38. The highest BCUT2D eigenvalue weighted by atomic mass is 16.2. The Hall–Kier alpha value is -2.24. The van der Waals surface area contributed by atoms with E-state index in [0.29, 0.717) is 11.7 Å². The first-order valence-corrected chi connectivity index (χ1v) is 7.67. The molecule has 0 spiro atoms. The minimum atomic E-state index is -0.103. The average Bonchev–Trinajstić information content (AvgIpc) is 2.95. The first-order valence-electron chi connectivity index (χ1n) is 7.67. The molecule has 0 bridgehead atoms. The van der Waals surface area contributed by atoms with Crippen LogP contribution in [-0.2, 0) is 11.3 Å². The van der Waals surface area contributed by atoms with Crippen molar-refractivity contribution in [1.29, 1.82) is 0 Å². The van der Waals surface area contributed by atoms with Crippen molar-refractivity contribution in [2.45, 2.75) is 52.6 Å². The molecule has 0 radical (unpaired) electrons. The Morgan fingerprint density at radius 2 is 1.91 bits per heavy atom. The number of amides is 1. The van der Waals surface area contributed by atoms with Crippen molar-refractivity contribution >= 4 is 5.91 Å². The molecule has 1 atom stereocenters. The molecule has 0 aliphatic rings. The number of nitrogens with one attached hydrogen (secondary N) is 1. The molecule has 2 rings (SSSR count). The van der Waals surface area contributed by atoms with Crippen LogP contribution in [0.2, 0.25) is 0 Å². The highest BCUT2D eigenvalue weighted by molar-refractivity contribution is 5.75. The van der Waals surface area contributed by atoms with Gasteiger partial charge in [0.15, 0.2) is 0 Å². The van der Waals surface area contributed by atoms with Gasteiger partial charge in [-0.25, -0.2) is 0 Å². The van der Waals surface area contributed by atoms with Crippen LogP contribution in [0.4, 0.5) is 0 Å². The van der Waals surface area contributed by atoms with Crippen molar-refractivity contribution in [2.75, 3.05) is 0 Å². The second kappa shape index (κ2) is 7.15. The lowest BCUT2D eigenvalue weighted by Crippen LogP contribution is -2.35. The summed E-state index contributed by atoms with van der Waals surface area (Å²) in [5, 5.41) is 15.1. The van der Waals surface area contributed by atoms with Gasteiger partial charge in [0, 0.05) is 11.6 Å². The van der Waals surface area contributed by atoms with E-state index < -0.39 is 0 Å². The SMILES string of the molecule is CCC(C)NC(=O)Cn1nnc(-c2ccc(C(C)C)cc2)n1. The second-order valence-corrected chi connectivity index (χ2v) is 5.80. The van der Waals surface area contributed by atoms with Crippen LogP contribution in [0.15, 0.2) is 24.3 Å². The van der Waals surface area contributed by atoms with Crippen LogP contribution in [0.5, 0.6) is 0 Å². The highest BCUT2D eigenvalue weighted by Gasteiger charge is 2.11. The van der Waals surface area contributed by atoms with Gasteiger partial charge in [0.25, 0.3) is 0 Å². The molecule has 6 nitrogen and oxygen atoms in total. The average molecular weight is 301 g/mol. The first-order chi connectivity index (χ1) is 10.5. The molecular formula is C16H23N5O. The van der Waals surface area contributed by atoms with Crippen molar-refractivity contribution in [1.82, 2.24) is 25.5 Å². The molecule has 0 aliphatic heterocycles. The van der Waals surface area contributed by atoms with E-state index >= 15 is 0 Å². The van der Waals surface area contributed by atoms with Crippen LogP contribution in [0, 0.1) is 0 Å². The van der Waals surface area contributed by atoms with Crippen LogP contribution >= 0.6 is 0 Å². The maximum atomic E-state index is 11.8. The van der Waals surface area contributed by atoms with Crippen LogP contribution < -0.4 is 5.32 Å². The second-order valence-electron chi connectivity index (χ2n) is 5.80. The number of hydrogen-bond donors (Lipinski definition) is 1. The summed E-state index contributed by atoms with van der Waals surface area (Å²) in [6.07, 6.45) is 0.893. The standard InChI is InChI=1S/C16H23N5O/c1-5-12(4)17-15(22)10-21-19-16(18-20-21)14-8-6-13(7-9-14)11(2)3/h6-9,11-12H,5,10H2,1-4H3,(H,17,22). The van der Waals surface area contributed by atoms with Gasteiger partial charge >= 0.3 is 0 Å². The molecule has 0 saturated carbocycles. The molecule has 118 valence electrons. The molecule has 0 aliphatic carbocycles. The summed E-state index contributed by atoms with van der Waals surface area (Å²) in [6.45, 7) is 8.38. The maximum absolute atomic E-state index is 11.8. The van der Waals surface area contributed by atoms with Crippen LogP contribution in [0.25, 0.3) is 11.4 Å². The third kappa shape index (κ3) is 4.13. The molecule has 1 aromatic heterocycles. The molecule has 0 saturated heterocycles. The number of rotatable bonds is 6. The highest BCUT2D eigenvalue weighted by Crippen LogP contribution is 2.19. The zero-order chi connectivity index (χ0) is 16.1. The largest absolute Gasteiger partial charge is 0.352 e. The van der Waals surface area contributed by atoms with Gasteiger partial charge in [0.1, 0.15) is 6.54 Å². The molecular weight excluding hydrogens is 278 g/mol. The summed E-state index contributed by atoms with van der Waals surface area (Å²) < 4.78 is 0. The zero-order valence-electron chi connectivity index (χ0n) is 13.6. The lowest BCUT2D eigenvalue weighted by atomic mass is 10.0. The topological polar surface area (TPSA) is 72.7 Å². The third-order valence-corrected chi connectivity index (χ3v) is 3.59. The summed E-state index contributed by atoms with van der Waals surface area (Å²) in [4.78, 5) is 13.1. The smallest absolute Gasteiger partial charge is 0.243 e. The third-order valence-electron chi connectivity index (χ3n) is 3.59. The zero-order valence-corrected chi connectivity index (χ0v) is 13.6. The van der Waals surface area contributed by atoms with Crippen molar-refractivity contribution in [3.63, 3.8) is 0 Å². The fourth-order valence-corrected chi connectivity index (χ4v) is 1.99. The van der Waals surface area contributed by atoms with Crippen LogP contribution in [0.3, 0.4) is 0 Å². The van der Waals surface area contributed by atoms with Gasteiger partial charge in [-0.1, -0.05) is 45.0 Å². The number of nitrogens with zero attached hydrogens (tertiary/aromatic N) is 4. The molecule has 1 unspecified atom stereocenters. The molecule has 6 heteroatoms. The Balaban J connectivity index is 2.03. The quantitative estimate of drug-likeness (QED) is 0.889. The van der Waals surface area contributed by atoms with Gasteiger partial charge in [-0.05, 0) is 30.0 Å². The van der Waals surface area contributed by atoms with E-state index in [0.717, 1.165) is 12.0 Å². The van der Waals surface area contributed by atoms with E-state index in [1.54, 1.807) is 0 Å². The monoisotopic (exact) mass is 301 g/mol. The molecule has 1 amide bonds. The lowest BCUT2D eigenvalue weighted by molar-refractivity contribution is -0.122. The van der Waals surface area contributed by atoms with Crippen molar-refractivity contribution in [3.8, 4) is 11.4 Å². The summed E-state index contributed by atoms with van der Waals surface area (Å²) in [6, 6.07) is 8.25. The normalized spacial score (nSPS) is 12.4. The van der Waals surface area contributed by atoms with E-state index in [4.69, 9.17) is 0 Å². The summed E-state index contributed by atoms with van der Waals surface area (Å²) in [5.74, 6) is 0.919. The molecule has 22 heavy (non-hydrogen) atoms. The predicted molar refractivity (Wildman–Crippen MR) is 85.2 cm³/mol. The van der Waals surface area contributed by atoms with E-state index in [1.807, 2.05) is 26.0 Å². The van der Waals surface area contributed by atoms with E-state index in [1.165, 1.54) is 10.4 Å². The summed E-state index contributed by atoms with van der Waals surface area (Å²) >= 11 is 0. The van der Waals surface area contributed by atoms with Crippen molar-refractivity contribution in [3.05, 3.63) is 29.8 Å². The Labute approximate surface area is 130 Å². The molecule has 0 fully saturated rings. The minimum absolute atomic E-state index is 0.0847. The Bertz CT molecular complexity index is 618. The summed E-state index contributed by atoms with van der Waals surface area (Å²) in [5.41, 5.74) is 2.17. The van der Waals surface area contributed by atoms with Gasteiger partial charge in [0.05, 0.1) is 0 Å². The molecule has 1 aromatic carbocycles. The molecule has 1 N–H and O–H groups in total. The number of benzene rings is 1. The van der Waals surface area contributed by atoms with Gasteiger partial charge in [0.2, 0.25) is 11.7 Å². The van der Waals surface area contributed by atoms with E-state index in [9.17, 15) is 4.79 Å². The van der Waals surface area contributed by atoms with Gasteiger partial charge in [-0.2, -0.15) is 4.80 Å². The number of tetrazole rings is 1. The van der Waals surface area contributed by atoms with Gasteiger partial charge in [-0.15, -0.1) is 10.2 Å². The Morgan fingerprint density at radius 1 is 1.23 bits per heavy atom. The molecule has 1 heterocycles.